The predicted octanol–water partition coefficient (Wildman–Crippen LogP) is 3.37. The number of hydrogen-bond acceptors (Lipinski definition) is 4. The number of rotatable bonds is 5. The lowest BCUT2D eigenvalue weighted by Crippen LogP contribution is -2.16. The normalized spacial score (nSPS) is 18.1. The minimum atomic E-state index is -0.383. The summed E-state index contributed by atoms with van der Waals surface area (Å²) in [5.41, 5.74) is 0.617. The van der Waals surface area contributed by atoms with Gasteiger partial charge in [0.1, 0.15) is 11.4 Å². The Morgan fingerprint density at radius 2 is 2.32 bits per heavy atom. The lowest BCUT2D eigenvalue weighted by molar-refractivity contribution is -0.384. The maximum Gasteiger partial charge on any atom is 0.296 e. The summed E-state index contributed by atoms with van der Waals surface area (Å²) in [5, 5.41) is 14.2. The quantitative estimate of drug-likeness (QED) is 0.502. The number of nitrogens with zero attached hydrogens (tertiary/aromatic N) is 1. The fraction of sp³-hybridized carbons (Fsp3) is 0.429. The zero-order chi connectivity index (χ0) is 13.7. The minimum Gasteiger partial charge on any atom is -0.496 e. The Morgan fingerprint density at radius 3 is 2.95 bits per heavy atom. The van der Waals surface area contributed by atoms with Crippen LogP contribution in [0.4, 0.5) is 11.4 Å². The zero-order valence-corrected chi connectivity index (χ0v) is 11.0. The molecule has 102 valence electrons. The molecule has 0 aromatic heterocycles. The van der Waals surface area contributed by atoms with Crippen LogP contribution in [0.3, 0.4) is 0 Å². The van der Waals surface area contributed by atoms with Gasteiger partial charge in [-0.05, 0) is 37.3 Å². The number of benzene rings is 1. The first kappa shape index (κ1) is 13.4. The van der Waals surface area contributed by atoms with Crippen LogP contribution in [0.25, 0.3) is 0 Å². The summed E-state index contributed by atoms with van der Waals surface area (Å²) >= 11 is 0. The van der Waals surface area contributed by atoms with Gasteiger partial charge in [0.25, 0.3) is 5.69 Å². The van der Waals surface area contributed by atoms with E-state index < -0.39 is 0 Å². The lowest BCUT2D eigenvalue weighted by Gasteiger charge is -2.18. The van der Waals surface area contributed by atoms with Crippen molar-refractivity contribution in [2.24, 2.45) is 5.92 Å². The van der Waals surface area contributed by atoms with Gasteiger partial charge in [-0.15, -0.1) is 0 Å². The van der Waals surface area contributed by atoms with Crippen molar-refractivity contribution >= 4 is 11.4 Å². The van der Waals surface area contributed by atoms with Crippen LogP contribution >= 0.6 is 0 Å². The van der Waals surface area contributed by atoms with E-state index in [1.807, 2.05) is 0 Å². The first-order valence-electron chi connectivity index (χ1n) is 6.42. The molecule has 0 heterocycles. The summed E-state index contributed by atoms with van der Waals surface area (Å²) in [4.78, 5) is 10.7. The Hall–Kier alpha value is -2.04. The van der Waals surface area contributed by atoms with Crippen molar-refractivity contribution in [3.05, 3.63) is 40.5 Å². The van der Waals surface area contributed by atoms with Crippen LogP contribution in [0.15, 0.2) is 30.4 Å². The van der Waals surface area contributed by atoms with E-state index >= 15 is 0 Å². The third kappa shape index (κ3) is 3.47. The molecule has 1 aromatic rings. The Morgan fingerprint density at radius 1 is 1.47 bits per heavy atom. The van der Waals surface area contributed by atoms with Gasteiger partial charge in [-0.25, -0.2) is 0 Å². The van der Waals surface area contributed by atoms with Gasteiger partial charge >= 0.3 is 0 Å². The molecule has 0 spiro atoms. The van der Waals surface area contributed by atoms with Crippen molar-refractivity contribution in [1.82, 2.24) is 0 Å². The first-order chi connectivity index (χ1) is 9.20. The number of nitro groups is 1. The average Bonchev–Trinajstić information content (AvgIpc) is 2.46. The summed E-state index contributed by atoms with van der Waals surface area (Å²) in [6, 6.07) is 4.88. The lowest BCUT2D eigenvalue weighted by atomic mass is 9.94. The topological polar surface area (TPSA) is 64.4 Å². The van der Waals surface area contributed by atoms with Crippen LogP contribution in [-0.4, -0.2) is 18.6 Å². The molecular weight excluding hydrogens is 244 g/mol. The van der Waals surface area contributed by atoms with Crippen LogP contribution in [0.1, 0.15) is 19.3 Å². The van der Waals surface area contributed by atoms with Gasteiger partial charge < -0.3 is 10.1 Å². The van der Waals surface area contributed by atoms with E-state index in [9.17, 15) is 10.1 Å². The third-order valence-corrected chi connectivity index (χ3v) is 3.36. The molecule has 0 radical (unpaired) electrons. The molecule has 0 amide bonds. The highest BCUT2D eigenvalue weighted by atomic mass is 16.6. The van der Waals surface area contributed by atoms with Crippen LogP contribution in [0.2, 0.25) is 0 Å². The minimum absolute atomic E-state index is 0.0608. The second-order valence-corrected chi connectivity index (χ2v) is 4.67. The summed E-state index contributed by atoms with van der Waals surface area (Å²) in [6.07, 6.45) is 7.63. The third-order valence-electron chi connectivity index (χ3n) is 3.36. The molecule has 1 aliphatic carbocycles. The molecule has 0 saturated carbocycles. The van der Waals surface area contributed by atoms with Crippen LogP contribution in [-0.2, 0) is 0 Å². The van der Waals surface area contributed by atoms with Gasteiger partial charge in [0, 0.05) is 6.54 Å². The van der Waals surface area contributed by atoms with Crippen molar-refractivity contribution < 1.29 is 9.66 Å². The SMILES string of the molecule is COc1ccc(NCC2CC=CCC2)c([N+](=O)[O-])c1. The van der Waals surface area contributed by atoms with Gasteiger partial charge in [0.15, 0.2) is 0 Å². The molecule has 1 atom stereocenters. The smallest absolute Gasteiger partial charge is 0.296 e. The van der Waals surface area contributed by atoms with Gasteiger partial charge in [-0.3, -0.25) is 10.1 Å². The van der Waals surface area contributed by atoms with Gasteiger partial charge in [-0.1, -0.05) is 12.2 Å². The monoisotopic (exact) mass is 262 g/mol. The number of nitrogens with one attached hydrogen (secondary N) is 1. The van der Waals surface area contributed by atoms with E-state index in [4.69, 9.17) is 4.74 Å². The summed E-state index contributed by atoms with van der Waals surface area (Å²) < 4.78 is 5.01. The second-order valence-electron chi connectivity index (χ2n) is 4.67. The largest absolute Gasteiger partial charge is 0.496 e. The van der Waals surface area contributed by atoms with E-state index in [0.29, 0.717) is 17.4 Å². The van der Waals surface area contributed by atoms with Crippen molar-refractivity contribution in [1.29, 1.82) is 0 Å². The molecule has 1 N–H and O–H groups in total. The summed E-state index contributed by atoms with van der Waals surface area (Å²) in [6.45, 7) is 0.761. The standard InChI is InChI=1S/C14H18N2O3/c1-19-12-7-8-13(14(9-12)16(17)18)15-10-11-5-3-2-4-6-11/h2-3,7-9,11,15H,4-6,10H2,1H3. The average molecular weight is 262 g/mol. The van der Waals surface area contributed by atoms with Crippen LogP contribution in [0, 0.1) is 16.0 Å². The van der Waals surface area contributed by atoms with Crippen LogP contribution < -0.4 is 10.1 Å². The number of allylic oxidation sites excluding steroid dienone is 2. The van der Waals surface area contributed by atoms with E-state index in [1.165, 1.54) is 13.2 Å². The van der Waals surface area contributed by atoms with E-state index in [0.717, 1.165) is 25.8 Å². The van der Waals surface area contributed by atoms with Crippen molar-refractivity contribution in [2.45, 2.75) is 19.3 Å². The Bertz CT molecular complexity index is 486. The van der Waals surface area contributed by atoms with Crippen molar-refractivity contribution in [3.8, 4) is 5.75 Å². The molecule has 5 heteroatoms. The predicted molar refractivity (Wildman–Crippen MR) is 74.6 cm³/mol. The molecule has 1 aromatic carbocycles. The summed E-state index contributed by atoms with van der Waals surface area (Å²) in [7, 11) is 1.50. The Labute approximate surface area is 112 Å². The highest BCUT2D eigenvalue weighted by molar-refractivity contribution is 5.63. The van der Waals surface area contributed by atoms with E-state index in [-0.39, 0.29) is 10.6 Å². The molecule has 2 rings (SSSR count). The molecule has 0 bridgehead atoms. The maximum atomic E-state index is 11.0. The number of ether oxygens (including phenoxy) is 1. The fourth-order valence-corrected chi connectivity index (χ4v) is 2.23. The molecule has 19 heavy (non-hydrogen) atoms. The molecule has 5 nitrogen and oxygen atoms in total. The van der Waals surface area contributed by atoms with E-state index in [2.05, 4.69) is 17.5 Å². The molecule has 0 aliphatic heterocycles. The first-order valence-corrected chi connectivity index (χ1v) is 6.42. The number of nitro benzene ring substituents is 1. The molecule has 1 unspecified atom stereocenters. The van der Waals surface area contributed by atoms with Crippen molar-refractivity contribution in [2.75, 3.05) is 19.0 Å². The highest BCUT2D eigenvalue weighted by Crippen LogP contribution is 2.29. The molecule has 1 aliphatic rings. The van der Waals surface area contributed by atoms with Gasteiger partial charge in [-0.2, -0.15) is 0 Å². The highest BCUT2D eigenvalue weighted by Gasteiger charge is 2.16. The molecule has 0 fully saturated rings. The fourth-order valence-electron chi connectivity index (χ4n) is 2.23. The Balaban J connectivity index is 2.06. The zero-order valence-electron chi connectivity index (χ0n) is 11.0. The molecule has 0 saturated heterocycles. The van der Waals surface area contributed by atoms with E-state index in [1.54, 1.807) is 12.1 Å². The van der Waals surface area contributed by atoms with Crippen LogP contribution in [0.5, 0.6) is 5.75 Å². The summed E-state index contributed by atoms with van der Waals surface area (Å²) in [5.74, 6) is 1.05. The van der Waals surface area contributed by atoms with Gasteiger partial charge in [0.05, 0.1) is 18.1 Å². The number of methoxy groups -OCH3 is 1. The molecular formula is C14H18N2O3. The number of hydrogen-bond donors (Lipinski definition) is 1. The Kier molecular flexibility index (Phi) is 4.39. The van der Waals surface area contributed by atoms with Gasteiger partial charge in [0.2, 0.25) is 0 Å². The number of anilines is 1. The van der Waals surface area contributed by atoms with Crippen molar-refractivity contribution in [3.63, 3.8) is 0 Å². The maximum absolute atomic E-state index is 11.0. The second kappa shape index (κ2) is 6.22.